The Balaban J connectivity index is 1.48. The van der Waals surface area contributed by atoms with Crippen LogP contribution in [0.4, 0.5) is 0 Å². The highest BCUT2D eigenvalue weighted by Gasteiger charge is 2.37. The lowest BCUT2D eigenvalue weighted by atomic mass is 9.76. The molecule has 25 nitrogen and oxygen atoms in total. The molecule has 0 aromatic heterocycles. The molecule has 1 aliphatic heterocycles. The number of hydrogen-bond acceptors (Lipinski definition) is 19. The van der Waals surface area contributed by atoms with E-state index >= 15 is 0 Å². The molecule has 0 fully saturated rings. The van der Waals surface area contributed by atoms with Gasteiger partial charge in [-0.3, -0.25) is 52.9 Å². The van der Waals surface area contributed by atoms with Crippen LogP contribution in [-0.4, -0.2) is 183 Å². The van der Waals surface area contributed by atoms with Gasteiger partial charge in [-0.1, -0.05) is 51.9 Å². The number of benzene rings is 1. The number of aromatic carboxylic acids is 1. The molecule has 0 unspecified atom stereocenters. The lowest BCUT2D eigenvalue weighted by Gasteiger charge is -2.25. The average molecular weight is 1310 g/mol. The number of ether oxygens (including phenoxy) is 5. The summed E-state index contributed by atoms with van der Waals surface area (Å²) in [7, 11) is 0. The molecule has 25 heteroatoms. The number of unbranched alkanes of at least 4 members (excludes halogenated alkanes) is 7. The van der Waals surface area contributed by atoms with Gasteiger partial charge in [0.25, 0.3) is 0 Å². The number of carbonyl (C=O) groups excluding carboxylic acids is 9. The van der Waals surface area contributed by atoms with Crippen molar-refractivity contribution >= 4 is 76.5 Å². The predicted octanol–water partition coefficient (Wildman–Crippen LogP) is 7.50. The van der Waals surface area contributed by atoms with E-state index in [-0.39, 0.29) is 176 Å². The number of carboxylic acid groups (broad SMARTS) is 3. The van der Waals surface area contributed by atoms with Crippen molar-refractivity contribution in [2.75, 3.05) is 79.1 Å². The Morgan fingerprint density at radius 2 is 1.19 bits per heavy atom. The van der Waals surface area contributed by atoms with Crippen LogP contribution in [0.3, 0.4) is 0 Å². The SMILES string of the molecule is CCC[C@H](NCC(=O)[C@H](CCC(=O)O)CC(=O)C(C)(C)C(=O)CCCC1=CN=CC1)C(=O)CC[C@@H](CCCCNC(=O)COCCOCCNC(=O)COCCOCCCC(=O)CC[C@H](NC(=O)CCCCCCCCCOc1ccc(C(=O)O)cc1)C(=O)O)C(C)=O. The minimum absolute atomic E-state index is 0.0000999. The number of rotatable bonds is 61. The summed E-state index contributed by atoms with van der Waals surface area (Å²) in [4.78, 5) is 154. The van der Waals surface area contributed by atoms with E-state index in [1.165, 1.54) is 32.9 Å². The number of ketones is 6. The van der Waals surface area contributed by atoms with Crippen molar-refractivity contribution in [2.45, 2.75) is 207 Å². The molecule has 7 N–H and O–H groups in total. The molecule has 1 aromatic carbocycles. The number of nitrogens with zero attached hydrogens (tertiary/aromatic N) is 1. The molecule has 3 amide bonds. The normalized spacial score (nSPS) is 13.3. The second-order valence-electron chi connectivity index (χ2n) is 24.1. The van der Waals surface area contributed by atoms with Gasteiger partial charge >= 0.3 is 17.9 Å². The highest BCUT2D eigenvalue weighted by Crippen LogP contribution is 2.28. The number of allylic oxidation sites excluding steroid dienone is 1. The van der Waals surface area contributed by atoms with Gasteiger partial charge < -0.3 is 60.3 Å². The van der Waals surface area contributed by atoms with Gasteiger partial charge in [0.1, 0.15) is 59.7 Å². The summed E-state index contributed by atoms with van der Waals surface area (Å²) >= 11 is 0. The molecule has 1 aliphatic rings. The zero-order valence-corrected chi connectivity index (χ0v) is 55.4. The van der Waals surface area contributed by atoms with E-state index < -0.39 is 52.9 Å². The van der Waals surface area contributed by atoms with Gasteiger partial charge in [-0.2, -0.15) is 0 Å². The fourth-order valence-electron chi connectivity index (χ4n) is 10.1. The number of nitrogens with one attached hydrogen (secondary N) is 4. The van der Waals surface area contributed by atoms with E-state index in [0.29, 0.717) is 83.1 Å². The fourth-order valence-corrected chi connectivity index (χ4v) is 10.1. The summed E-state index contributed by atoms with van der Waals surface area (Å²) in [6.07, 6.45) is 15.2. The van der Waals surface area contributed by atoms with Crippen molar-refractivity contribution < 1.29 is 96.5 Å². The van der Waals surface area contributed by atoms with Crippen LogP contribution >= 0.6 is 0 Å². The molecule has 2 rings (SSSR count). The molecule has 0 aliphatic carbocycles. The van der Waals surface area contributed by atoms with Crippen LogP contribution in [0.15, 0.2) is 41.0 Å². The van der Waals surface area contributed by atoms with Crippen LogP contribution in [0, 0.1) is 17.3 Å². The first kappa shape index (κ1) is 82.2. The molecule has 0 radical (unpaired) electrons. The summed E-state index contributed by atoms with van der Waals surface area (Å²) in [5, 5.41) is 39.0. The number of aliphatic imine (C=N–C) groups is 1. The lowest BCUT2D eigenvalue weighted by molar-refractivity contribution is -0.142. The van der Waals surface area contributed by atoms with Gasteiger partial charge in [0.15, 0.2) is 0 Å². The highest BCUT2D eigenvalue weighted by atomic mass is 16.5. The van der Waals surface area contributed by atoms with Crippen molar-refractivity contribution in [3.8, 4) is 5.75 Å². The number of hydrogen-bond donors (Lipinski definition) is 7. The molecule has 1 aromatic rings. The summed E-state index contributed by atoms with van der Waals surface area (Å²) in [6, 6.07) is 4.43. The van der Waals surface area contributed by atoms with E-state index in [9.17, 15) is 67.7 Å². The number of Topliss-reactive ketones (excluding diaryl/α,β-unsaturated/α-hetero) is 6. The summed E-state index contributed by atoms with van der Waals surface area (Å²) < 4.78 is 27.3. The molecule has 522 valence electrons. The van der Waals surface area contributed by atoms with Gasteiger partial charge in [-0.15, -0.1) is 0 Å². The standard InChI is InChI=1S/C68H105N5O20/c1-5-17-56(72-46-59(77)53(26-32-65(83)84)44-61(79)68(3,4)60(78)21-15-18-50-33-35-69-45-50)58(76)31-25-51(49(2)74)19-12-13-34-70-63(81)47-92-43-41-90-39-36-71-64(82)48-91-42-40-89-37-16-20-54(75)27-30-57(67(87)88)73-62(80)22-11-9-7-6-8-10-14-38-93-55-28-23-52(24-29-55)66(85)86/h23-24,28-29,35,45,51,53,56-57,72H,5-22,25-27,30-34,36-44,46-48H2,1-4H3,(H,70,81)(H,71,82)(H,73,80)(H,83,84)(H,85,86)(H,87,88)/t51-,53-,56+,57+/m1/s1. The summed E-state index contributed by atoms with van der Waals surface area (Å²) in [5.41, 5.74) is -0.0424. The monoisotopic (exact) mass is 1310 g/mol. The van der Waals surface area contributed by atoms with Crippen LogP contribution in [0.5, 0.6) is 5.75 Å². The molecule has 0 spiro atoms. The Kier molecular flexibility index (Phi) is 43.8. The van der Waals surface area contributed by atoms with Gasteiger partial charge in [0.2, 0.25) is 17.7 Å². The third-order valence-corrected chi connectivity index (χ3v) is 16.0. The first-order valence-corrected chi connectivity index (χ1v) is 33.1. The third kappa shape index (κ3) is 39.4. The maximum Gasteiger partial charge on any atom is 0.335 e. The van der Waals surface area contributed by atoms with E-state index in [1.54, 1.807) is 24.5 Å². The minimum atomic E-state index is -1.36. The van der Waals surface area contributed by atoms with E-state index in [4.69, 9.17) is 28.8 Å². The molecular formula is C68H105N5O20. The van der Waals surface area contributed by atoms with E-state index in [2.05, 4.69) is 26.3 Å². The quantitative estimate of drug-likeness (QED) is 0.0245. The van der Waals surface area contributed by atoms with Crippen LogP contribution < -0.4 is 26.0 Å². The van der Waals surface area contributed by atoms with E-state index in [0.717, 1.165) is 50.5 Å². The highest BCUT2D eigenvalue weighted by molar-refractivity contribution is 6.07. The van der Waals surface area contributed by atoms with Gasteiger partial charge in [0, 0.05) is 95.3 Å². The van der Waals surface area contributed by atoms with Crippen molar-refractivity contribution in [2.24, 2.45) is 22.2 Å². The predicted molar refractivity (Wildman–Crippen MR) is 346 cm³/mol. The Morgan fingerprint density at radius 3 is 1.82 bits per heavy atom. The second kappa shape index (κ2) is 49.6. The van der Waals surface area contributed by atoms with Crippen LogP contribution in [0.1, 0.15) is 205 Å². The zero-order valence-electron chi connectivity index (χ0n) is 55.4. The molecule has 93 heavy (non-hydrogen) atoms. The van der Waals surface area contributed by atoms with Gasteiger partial charge in [-0.25, -0.2) is 9.59 Å². The number of carbonyl (C=O) groups is 12. The molecule has 0 bridgehead atoms. The van der Waals surface area contributed by atoms with Crippen molar-refractivity contribution in [3.63, 3.8) is 0 Å². The number of aliphatic carboxylic acids is 2. The Morgan fingerprint density at radius 1 is 0.559 bits per heavy atom. The maximum atomic E-state index is 13.5. The lowest BCUT2D eigenvalue weighted by Crippen LogP contribution is -2.42. The Bertz CT molecular complexity index is 2550. The van der Waals surface area contributed by atoms with Crippen LogP contribution in [0.2, 0.25) is 0 Å². The second-order valence-corrected chi connectivity index (χ2v) is 24.1. The van der Waals surface area contributed by atoms with Crippen LogP contribution in [-0.2, 0) is 71.7 Å². The molecule has 0 saturated carbocycles. The van der Waals surface area contributed by atoms with Crippen molar-refractivity contribution in [1.29, 1.82) is 0 Å². The first-order valence-electron chi connectivity index (χ1n) is 33.1. The minimum Gasteiger partial charge on any atom is -0.494 e. The zero-order chi connectivity index (χ0) is 68.7. The van der Waals surface area contributed by atoms with Gasteiger partial charge in [0.05, 0.1) is 63.2 Å². The Hall–Kier alpha value is -6.93. The topological polar surface area (TPSA) is 372 Å². The molecular weight excluding hydrogens is 1210 g/mol. The average Bonchev–Trinajstić information content (AvgIpc) is 1.68. The van der Waals surface area contributed by atoms with Crippen molar-refractivity contribution in [1.82, 2.24) is 21.3 Å². The van der Waals surface area contributed by atoms with Gasteiger partial charge in [-0.05, 0) is 121 Å². The number of amides is 3. The Labute approximate surface area is 547 Å². The van der Waals surface area contributed by atoms with E-state index in [1.807, 2.05) is 6.92 Å². The molecule has 1 heterocycles. The summed E-state index contributed by atoms with van der Waals surface area (Å²) in [6.45, 7) is 8.04. The molecule has 0 saturated heterocycles. The number of carboxylic acids is 3. The fraction of sp³-hybridized carbons (Fsp3) is 0.691. The smallest absolute Gasteiger partial charge is 0.335 e. The summed E-state index contributed by atoms with van der Waals surface area (Å²) in [5.74, 6) is -6.54. The molecule has 4 atom stereocenters. The first-order chi connectivity index (χ1) is 44.5. The largest absolute Gasteiger partial charge is 0.494 e. The van der Waals surface area contributed by atoms with Crippen molar-refractivity contribution in [3.05, 3.63) is 41.6 Å². The van der Waals surface area contributed by atoms with Crippen LogP contribution in [0.25, 0.3) is 0 Å². The maximum absolute atomic E-state index is 13.5. The third-order valence-electron chi connectivity index (χ3n) is 16.0.